The molecule has 2 N–H and O–H groups in total. The first-order chi connectivity index (χ1) is 7.34. The summed E-state index contributed by atoms with van der Waals surface area (Å²) in [7, 11) is 0. The van der Waals surface area contributed by atoms with Gasteiger partial charge in [0.05, 0.1) is 0 Å². The molecule has 0 saturated carbocycles. The predicted molar refractivity (Wildman–Crippen MR) is 58.1 cm³/mol. The third kappa shape index (κ3) is 2.89. The van der Waals surface area contributed by atoms with E-state index in [1.165, 1.54) is 5.56 Å². The third-order valence-corrected chi connectivity index (χ3v) is 2.15. The van der Waals surface area contributed by atoms with Crippen LogP contribution in [0.2, 0.25) is 0 Å². The Morgan fingerprint density at radius 1 is 1.27 bits per heavy atom. The van der Waals surface area contributed by atoms with Crippen molar-refractivity contribution in [2.75, 3.05) is 0 Å². The quantitative estimate of drug-likeness (QED) is 0.788. The van der Waals surface area contributed by atoms with Gasteiger partial charge in [-0.1, -0.05) is 0 Å². The fourth-order valence-corrected chi connectivity index (χ4v) is 1.40. The number of aromatic amines is 1. The molecule has 0 bridgehead atoms. The van der Waals surface area contributed by atoms with E-state index in [1.807, 2.05) is 25.3 Å². The van der Waals surface area contributed by atoms with E-state index in [0.717, 1.165) is 24.6 Å². The molecule has 4 heteroatoms. The SMILES string of the molecule is Cc1ncc(CNCc2ccncc2)[nH]1. The number of rotatable bonds is 4. The average molecular weight is 202 g/mol. The van der Waals surface area contributed by atoms with Gasteiger partial charge in [-0.25, -0.2) is 4.98 Å². The van der Waals surface area contributed by atoms with Crippen molar-refractivity contribution in [2.24, 2.45) is 0 Å². The van der Waals surface area contributed by atoms with Crippen molar-refractivity contribution in [3.05, 3.63) is 47.8 Å². The van der Waals surface area contributed by atoms with Gasteiger partial charge in [-0.2, -0.15) is 0 Å². The Hall–Kier alpha value is -1.68. The number of hydrogen-bond acceptors (Lipinski definition) is 3. The lowest BCUT2D eigenvalue weighted by Crippen LogP contribution is -2.12. The monoisotopic (exact) mass is 202 g/mol. The van der Waals surface area contributed by atoms with Gasteiger partial charge in [0.2, 0.25) is 0 Å². The second kappa shape index (κ2) is 4.70. The summed E-state index contributed by atoms with van der Waals surface area (Å²) in [6.45, 7) is 3.61. The second-order valence-corrected chi connectivity index (χ2v) is 3.45. The minimum Gasteiger partial charge on any atom is -0.345 e. The lowest BCUT2D eigenvalue weighted by atomic mass is 10.3. The normalized spacial score (nSPS) is 10.5. The Morgan fingerprint density at radius 3 is 2.73 bits per heavy atom. The van der Waals surface area contributed by atoms with Crippen LogP contribution in [-0.4, -0.2) is 15.0 Å². The highest BCUT2D eigenvalue weighted by atomic mass is 15.0. The van der Waals surface area contributed by atoms with Gasteiger partial charge < -0.3 is 10.3 Å². The van der Waals surface area contributed by atoms with Gasteiger partial charge in [0, 0.05) is 37.4 Å². The van der Waals surface area contributed by atoms with E-state index in [1.54, 1.807) is 12.4 Å². The molecule has 78 valence electrons. The van der Waals surface area contributed by atoms with Crippen LogP contribution in [0.3, 0.4) is 0 Å². The number of nitrogens with zero attached hydrogens (tertiary/aromatic N) is 2. The topological polar surface area (TPSA) is 53.6 Å². The summed E-state index contributed by atoms with van der Waals surface area (Å²) in [6.07, 6.45) is 5.46. The molecule has 2 rings (SSSR count). The van der Waals surface area contributed by atoms with Crippen LogP contribution in [0.25, 0.3) is 0 Å². The molecule has 0 aliphatic heterocycles. The van der Waals surface area contributed by atoms with Crippen LogP contribution in [0.5, 0.6) is 0 Å². The zero-order valence-electron chi connectivity index (χ0n) is 8.70. The molecule has 2 heterocycles. The fraction of sp³-hybridized carbons (Fsp3) is 0.273. The van der Waals surface area contributed by atoms with Crippen LogP contribution in [0, 0.1) is 6.92 Å². The Kier molecular flexibility index (Phi) is 3.09. The number of aromatic nitrogens is 3. The summed E-state index contributed by atoms with van der Waals surface area (Å²) >= 11 is 0. The number of nitrogens with one attached hydrogen (secondary N) is 2. The van der Waals surface area contributed by atoms with E-state index in [0.29, 0.717) is 0 Å². The number of pyridine rings is 1. The second-order valence-electron chi connectivity index (χ2n) is 3.45. The Morgan fingerprint density at radius 2 is 2.07 bits per heavy atom. The molecule has 2 aromatic heterocycles. The van der Waals surface area contributed by atoms with Crippen molar-refractivity contribution in [3.8, 4) is 0 Å². The highest BCUT2D eigenvalue weighted by molar-refractivity contribution is 5.09. The van der Waals surface area contributed by atoms with Gasteiger partial charge in [0.15, 0.2) is 0 Å². The molecule has 0 aliphatic rings. The molecule has 4 nitrogen and oxygen atoms in total. The van der Waals surface area contributed by atoms with Crippen LogP contribution in [-0.2, 0) is 13.1 Å². The zero-order valence-corrected chi connectivity index (χ0v) is 8.70. The van der Waals surface area contributed by atoms with E-state index < -0.39 is 0 Å². The van der Waals surface area contributed by atoms with Gasteiger partial charge in [0.25, 0.3) is 0 Å². The van der Waals surface area contributed by atoms with Crippen LogP contribution < -0.4 is 5.32 Å². The molecule has 0 saturated heterocycles. The van der Waals surface area contributed by atoms with E-state index >= 15 is 0 Å². The van der Waals surface area contributed by atoms with Gasteiger partial charge in [-0.15, -0.1) is 0 Å². The van der Waals surface area contributed by atoms with Gasteiger partial charge >= 0.3 is 0 Å². The Bertz CT molecular complexity index is 408. The Balaban J connectivity index is 1.80. The summed E-state index contributed by atoms with van der Waals surface area (Å²) < 4.78 is 0. The molecule has 0 atom stereocenters. The van der Waals surface area contributed by atoms with Crippen LogP contribution >= 0.6 is 0 Å². The zero-order chi connectivity index (χ0) is 10.5. The largest absolute Gasteiger partial charge is 0.345 e. The van der Waals surface area contributed by atoms with E-state index in [-0.39, 0.29) is 0 Å². The average Bonchev–Trinajstić information content (AvgIpc) is 2.66. The maximum atomic E-state index is 4.14. The molecular formula is C11H14N4. The summed E-state index contributed by atoms with van der Waals surface area (Å²) in [4.78, 5) is 11.3. The van der Waals surface area contributed by atoms with Crippen molar-refractivity contribution in [3.63, 3.8) is 0 Å². The predicted octanol–water partition coefficient (Wildman–Crippen LogP) is 1.40. The highest BCUT2D eigenvalue weighted by Gasteiger charge is 1.96. The van der Waals surface area contributed by atoms with Crippen LogP contribution in [0.4, 0.5) is 0 Å². The molecular weight excluding hydrogens is 188 g/mol. The third-order valence-electron chi connectivity index (χ3n) is 2.15. The summed E-state index contributed by atoms with van der Waals surface area (Å²) in [5.41, 5.74) is 2.35. The maximum Gasteiger partial charge on any atom is 0.103 e. The van der Waals surface area contributed by atoms with Gasteiger partial charge in [-0.3, -0.25) is 4.98 Å². The molecule has 2 aromatic rings. The molecule has 0 aliphatic carbocycles. The van der Waals surface area contributed by atoms with Gasteiger partial charge in [0.1, 0.15) is 5.82 Å². The molecule has 0 fully saturated rings. The van der Waals surface area contributed by atoms with Crippen molar-refractivity contribution in [1.29, 1.82) is 0 Å². The molecule has 0 amide bonds. The number of hydrogen-bond donors (Lipinski definition) is 2. The standard InChI is InChI=1S/C11H14N4/c1-9-14-8-11(15-9)7-13-6-10-2-4-12-5-3-10/h2-5,8,13H,6-7H2,1H3,(H,14,15). The molecule has 0 radical (unpaired) electrons. The van der Waals surface area contributed by atoms with E-state index in [2.05, 4.69) is 20.3 Å². The smallest absolute Gasteiger partial charge is 0.103 e. The van der Waals surface area contributed by atoms with Crippen molar-refractivity contribution in [2.45, 2.75) is 20.0 Å². The van der Waals surface area contributed by atoms with Crippen molar-refractivity contribution in [1.82, 2.24) is 20.3 Å². The first-order valence-electron chi connectivity index (χ1n) is 4.95. The summed E-state index contributed by atoms with van der Waals surface area (Å²) in [5.74, 6) is 0.954. The first kappa shape index (κ1) is 9.86. The number of imidazole rings is 1. The molecule has 0 spiro atoms. The van der Waals surface area contributed by atoms with Crippen LogP contribution in [0.15, 0.2) is 30.7 Å². The van der Waals surface area contributed by atoms with E-state index in [4.69, 9.17) is 0 Å². The minimum atomic E-state index is 0.809. The van der Waals surface area contributed by atoms with Crippen LogP contribution in [0.1, 0.15) is 17.1 Å². The summed E-state index contributed by atoms with van der Waals surface area (Å²) in [6, 6.07) is 4.01. The highest BCUT2D eigenvalue weighted by Crippen LogP contribution is 1.98. The van der Waals surface area contributed by atoms with Gasteiger partial charge in [-0.05, 0) is 24.6 Å². The molecule has 0 unspecified atom stereocenters. The number of aryl methyl sites for hydroxylation is 1. The fourth-order valence-electron chi connectivity index (χ4n) is 1.40. The lowest BCUT2D eigenvalue weighted by Gasteiger charge is -2.02. The van der Waals surface area contributed by atoms with Crippen molar-refractivity contribution < 1.29 is 0 Å². The molecule has 0 aromatic carbocycles. The lowest BCUT2D eigenvalue weighted by molar-refractivity contribution is 0.681. The first-order valence-corrected chi connectivity index (χ1v) is 4.95. The molecule has 15 heavy (non-hydrogen) atoms. The maximum absolute atomic E-state index is 4.14. The van der Waals surface area contributed by atoms with E-state index in [9.17, 15) is 0 Å². The number of H-pyrrole nitrogens is 1. The summed E-state index contributed by atoms with van der Waals surface area (Å²) in [5, 5.41) is 3.33. The van der Waals surface area contributed by atoms with Crippen molar-refractivity contribution >= 4 is 0 Å². The Labute approximate surface area is 88.8 Å². The minimum absolute atomic E-state index is 0.809.